The van der Waals surface area contributed by atoms with Crippen molar-refractivity contribution < 1.29 is 22.7 Å². The first-order chi connectivity index (χ1) is 16.0. The molecule has 0 spiro atoms. The van der Waals surface area contributed by atoms with Crippen LogP contribution in [0, 0.1) is 0 Å². The van der Waals surface area contributed by atoms with Crippen LogP contribution in [0.15, 0.2) is 47.4 Å². The summed E-state index contributed by atoms with van der Waals surface area (Å²) in [6, 6.07) is 12.7. The average molecular weight is 474 g/mol. The van der Waals surface area contributed by atoms with Crippen molar-refractivity contribution in [3.05, 3.63) is 59.2 Å². The third-order valence-corrected chi connectivity index (χ3v) is 8.01. The first kappa shape index (κ1) is 23.7. The SMILES string of the molecule is COc1ccc(C(=O)NCc2ccc(CN3CCOCC3)cc2)cc1S(=O)(=O)N1CCCC1. The lowest BCUT2D eigenvalue weighted by atomic mass is 10.1. The maximum absolute atomic E-state index is 13.0. The van der Waals surface area contributed by atoms with Crippen LogP contribution in [0.3, 0.4) is 0 Å². The molecular formula is C24H31N3O5S. The van der Waals surface area contributed by atoms with E-state index in [2.05, 4.69) is 22.3 Å². The number of methoxy groups -OCH3 is 1. The van der Waals surface area contributed by atoms with Crippen molar-refractivity contribution in [3.8, 4) is 5.75 Å². The molecule has 9 heteroatoms. The molecule has 0 unspecified atom stereocenters. The predicted molar refractivity (Wildman–Crippen MR) is 125 cm³/mol. The van der Waals surface area contributed by atoms with Gasteiger partial charge in [0, 0.05) is 44.8 Å². The Morgan fingerprint density at radius 2 is 1.67 bits per heavy atom. The van der Waals surface area contributed by atoms with Gasteiger partial charge in [0.25, 0.3) is 5.91 Å². The Balaban J connectivity index is 1.40. The van der Waals surface area contributed by atoms with Gasteiger partial charge in [0.2, 0.25) is 10.0 Å². The van der Waals surface area contributed by atoms with Gasteiger partial charge in [0.1, 0.15) is 10.6 Å². The van der Waals surface area contributed by atoms with Gasteiger partial charge >= 0.3 is 0 Å². The monoisotopic (exact) mass is 473 g/mol. The number of rotatable bonds is 8. The minimum Gasteiger partial charge on any atom is -0.495 e. The van der Waals surface area contributed by atoms with Crippen LogP contribution in [0.2, 0.25) is 0 Å². The molecule has 2 fully saturated rings. The summed E-state index contributed by atoms with van der Waals surface area (Å²) in [5.41, 5.74) is 2.49. The van der Waals surface area contributed by atoms with Gasteiger partial charge in [-0.3, -0.25) is 9.69 Å². The largest absolute Gasteiger partial charge is 0.495 e. The Hall–Kier alpha value is -2.46. The van der Waals surface area contributed by atoms with Crippen molar-refractivity contribution in [2.24, 2.45) is 0 Å². The van der Waals surface area contributed by atoms with E-state index in [9.17, 15) is 13.2 Å². The molecule has 0 aromatic heterocycles. The molecule has 2 aromatic carbocycles. The van der Waals surface area contributed by atoms with Gasteiger partial charge in [-0.1, -0.05) is 24.3 Å². The number of nitrogens with one attached hydrogen (secondary N) is 1. The number of sulfonamides is 1. The Kier molecular flexibility index (Phi) is 7.64. The maximum atomic E-state index is 13.0. The van der Waals surface area contributed by atoms with Crippen LogP contribution < -0.4 is 10.1 Å². The number of benzene rings is 2. The summed E-state index contributed by atoms with van der Waals surface area (Å²) in [6.45, 7) is 5.65. The standard InChI is InChI=1S/C24H31N3O5S/c1-31-22-9-8-21(16-23(22)33(29,30)27-10-2-3-11-27)24(28)25-17-19-4-6-20(7-5-19)18-26-12-14-32-15-13-26/h4-9,16H,2-3,10-15,17-18H2,1H3,(H,25,28). The third-order valence-electron chi connectivity index (χ3n) is 6.09. The van der Waals surface area contributed by atoms with E-state index < -0.39 is 10.0 Å². The van der Waals surface area contributed by atoms with Gasteiger partial charge in [0.05, 0.1) is 20.3 Å². The number of hydrogen-bond donors (Lipinski definition) is 1. The van der Waals surface area contributed by atoms with E-state index >= 15 is 0 Å². The van der Waals surface area contributed by atoms with Crippen LogP contribution in [0.1, 0.15) is 34.3 Å². The second kappa shape index (κ2) is 10.6. The molecule has 0 radical (unpaired) electrons. The number of morpholine rings is 1. The van der Waals surface area contributed by atoms with E-state index in [1.54, 1.807) is 6.07 Å². The van der Waals surface area contributed by atoms with Crippen LogP contribution in [0.25, 0.3) is 0 Å². The number of carbonyl (C=O) groups excluding carboxylic acids is 1. The van der Waals surface area contributed by atoms with Crippen molar-refractivity contribution in [2.75, 3.05) is 46.5 Å². The fourth-order valence-corrected chi connectivity index (χ4v) is 5.85. The molecule has 0 bridgehead atoms. The van der Waals surface area contributed by atoms with Crippen LogP contribution in [0.4, 0.5) is 0 Å². The van der Waals surface area contributed by atoms with E-state index in [4.69, 9.17) is 9.47 Å². The minimum absolute atomic E-state index is 0.0343. The van der Waals surface area contributed by atoms with E-state index in [0.717, 1.165) is 51.3 Å². The van der Waals surface area contributed by atoms with Crippen LogP contribution in [-0.2, 0) is 27.8 Å². The minimum atomic E-state index is -3.71. The fourth-order valence-electron chi connectivity index (χ4n) is 4.15. The second-order valence-electron chi connectivity index (χ2n) is 8.36. The van der Waals surface area contributed by atoms with Gasteiger partial charge in [-0.2, -0.15) is 4.31 Å². The van der Waals surface area contributed by atoms with Gasteiger partial charge < -0.3 is 14.8 Å². The zero-order valence-electron chi connectivity index (χ0n) is 19.0. The first-order valence-electron chi connectivity index (χ1n) is 11.3. The lowest BCUT2D eigenvalue weighted by Crippen LogP contribution is -2.35. The van der Waals surface area contributed by atoms with Crippen molar-refractivity contribution in [3.63, 3.8) is 0 Å². The maximum Gasteiger partial charge on any atom is 0.251 e. The van der Waals surface area contributed by atoms with Crippen molar-refractivity contribution in [1.29, 1.82) is 0 Å². The normalized spacial score (nSPS) is 17.7. The molecule has 2 aliphatic heterocycles. The van der Waals surface area contributed by atoms with Crippen molar-refractivity contribution >= 4 is 15.9 Å². The molecule has 2 saturated heterocycles. The zero-order chi connectivity index (χ0) is 23.3. The Labute approximate surface area is 195 Å². The van der Waals surface area contributed by atoms with Crippen molar-refractivity contribution in [1.82, 2.24) is 14.5 Å². The summed E-state index contributed by atoms with van der Waals surface area (Å²) in [7, 11) is -2.27. The summed E-state index contributed by atoms with van der Waals surface area (Å²) in [5.74, 6) is -0.0813. The molecule has 4 rings (SSSR count). The van der Waals surface area contributed by atoms with E-state index in [1.807, 2.05) is 12.1 Å². The highest BCUT2D eigenvalue weighted by atomic mass is 32.2. The van der Waals surface area contributed by atoms with Gasteiger partial charge in [-0.05, 0) is 42.2 Å². The zero-order valence-corrected chi connectivity index (χ0v) is 19.8. The molecule has 0 aliphatic carbocycles. The summed E-state index contributed by atoms with van der Waals surface area (Å²) >= 11 is 0. The molecule has 0 saturated carbocycles. The predicted octanol–water partition coefficient (Wildman–Crippen LogP) is 2.24. The van der Waals surface area contributed by atoms with E-state index in [0.29, 0.717) is 19.6 Å². The molecule has 33 heavy (non-hydrogen) atoms. The summed E-state index contributed by atoms with van der Waals surface area (Å²) in [4.78, 5) is 15.2. The molecule has 178 valence electrons. The van der Waals surface area contributed by atoms with Gasteiger partial charge in [-0.25, -0.2) is 8.42 Å². The van der Waals surface area contributed by atoms with Crippen molar-refractivity contribution in [2.45, 2.75) is 30.8 Å². The Morgan fingerprint density at radius 3 is 2.33 bits per heavy atom. The fraction of sp³-hybridized carbons (Fsp3) is 0.458. The molecule has 8 nitrogen and oxygen atoms in total. The summed E-state index contributed by atoms with van der Waals surface area (Å²) < 4.78 is 38.2. The third kappa shape index (κ3) is 5.73. The number of ether oxygens (including phenoxy) is 2. The highest BCUT2D eigenvalue weighted by molar-refractivity contribution is 7.89. The average Bonchev–Trinajstić information content (AvgIpc) is 3.40. The smallest absolute Gasteiger partial charge is 0.251 e. The highest BCUT2D eigenvalue weighted by Gasteiger charge is 2.30. The van der Waals surface area contributed by atoms with Gasteiger partial charge in [0.15, 0.2) is 0 Å². The van der Waals surface area contributed by atoms with Gasteiger partial charge in [-0.15, -0.1) is 0 Å². The van der Waals surface area contributed by atoms with Crippen LogP contribution in [0.5, 0.6) is 5.75 Å². The van der Waals surface area contributed by atoms with E-state index in [1.165, 1.54) is 29.1 Å². The number of amides is 1. The van der Waals surface area contributed by atoms with Crippen LogP contribution >= 0.6 is 0 Å². The molecule has 1 N–H and O–H groups in total. The Morgan fingerprint density at radius 1 is 1.00 bits per heavy atom. The number of carbonyl (C=O) groups is 1. The molecule has 2 heterocycles. The molecule has 2 aliphatic rings. The molecule has 2 aromatic rings. The van der Waals surface area contributed by atoms with Crippen LogP contribution in [-0.4, -0.2) is 70.0 Å². The summed E-state index contributed by atoms with van der Waals surface area (Å²) in [6.07, 6.45) is 1.68. The lowest BCUT2D eigenvalue weighted by Gasteiger charge is -2.26. The number of nitrogens with zero attached hydrogens (tertiary/aromatic N) is 2. The molecular weight excluding hydrogens is 442 g/mol. The second-order valence-corrected chi connectivity index (χ2v) is 10.3. The summed E-state index contributed by atoms with van der Waals surface area (Å²) in [5, 5.41) is 2.89. The molecule has 0 atom stereocenters. The first-order valence-corrected chi connectivity index (χ1v) is 12.8. The highest BCUT2D eigenvalue weighted by Crippen LogP contribution is 2.29. The number of hydrogen-bond acceptors (Lipinski definition) is 6. The molecule has 1 amide bonds. The quantitative estimate of drug-likeness (QED) is 0.633. The lowest BCUT2D eigenvalue weighted by molar-refractivity contribution is 0.0342. The van der Waals surface area contributed by atoms with E-state index in [-0.39, 0.29) is 22.1 Å². The topological polar surface area (TPSA) is 88.2 Å². The Bertz CT molecular complexity index is 1060.